The number of β-amino-alcohol motifs (C(OH)–C–C–N with tert-alkyl or cyclic N) is 1. The first kappa shape index (κ1) is 12.0. The molecule has 3 unspecified atom stereocenters. The van der Waals surface area contributed by atoms with Gasteiger partial charge >= 0.3 is 0 Å². The van der Waals surface area contributed by atoms with E-state index >= 15 is 0 Å². The fourth-order valence-electron chi connectivity index (χ4n) is 2.40. The average Bonchev–Trinajstić information content (AvgIpc) is 2.76. The first-order valence-corrected chi connectivity index (χ1v) is 6.63. The molecule has 0 aromatic carbocycles. The summed E-state index contributed by atoms with van der Waals surface area (Å²) in [6, 6.07) is 4.67. The van der Waals surface area contributed by atoms with E-state index in [1.807, 2.05) is 18.3 Å². The highest BCUT2D eigenvalue weighted by Gasteiger charge is 2.30. The summed E-state index contributed by atoms with van der Waals surface area (Å²) in [6.45, 7) is 5.86. The van der Waals surface area contributed by atoms with Gasteiger partial charge in [0.25, 0.3) is 0 Å². The molecule has 0 amide bonds. The van der Waals surface area contributed by atoms with Crippen LogP contribution in [0.25, 0.3) is 0 Å². The quantitative estimate of drug-likeness (QED) is 0.842. The predicted molar refractivity (Wildman–Crippen MR) is 67.6 cm³/mol. The molecule has 3 nitrogen and oxygen atoms in total. The van der Waals surface area contributed by atoms with E-state index in [1.54, 1.807) is 0 Å². The van der Waals surface area contributed by atoms with E-state index in [1.165, 1.54) is 9.75 Å². The minimum Gasteiger partial charge on any atom is -0.392 e. The van der Waals surface area contributed by atoms with E-state index in [9.17, 15) is 5.11 Å². The number of hydrogen-bond donors (Lipinski definition) is 2. The second-order valence-corrected chi connectivity index (χ2v) is 6.01. The molecule has 1 aliphatic heterocycles. The molecule has 90 valence electrons. The minimum absolute atomic E-state index is 0.100. The molecule has 1 saturated heterocycles. The van der Waals surface area contributed by atoms with Crippen molar-refractivity contribution in [2.24, 2.45) is 5.73 Å². The predicted octanol–water partition coefficient (Wildman–Crippen LogP) is 1.51. The zero-order chi connectivity index (χ0) is 11.7. The first-order chi connectivity index (χ1) is 7.58. The van der Waals surface area contributed by atoms with Gasteiger partial charge < -0.3 is 10.8 Å². The van der Waals surface area contributed by atoms with Crippen LogP contribution in [0, 0.1) is 6.92 Å². The van der Waals surface area contributed by atoms with Gasteiger partial charge in [0.1, 0.15) is 0 Å². The van der Waals surface area contributed by atoms with Gasteiger partial charge in [-0.3, -0.25) is 4.90 Å². The minimum atomic E-state index is -0.178. The summed E-state index contributed by atoms with van der Waals surface area (Å²) < 4.78 is 0. The Hall–Kier alpha value is -0.420. The van der Waals surface area contributed by atoms with Crippen LogP contribution in [0.3, 0.4) is 0 Å². The molecule has 0 saturated carbocycles. The van der Waals surface area contributed by atoms with E-state index in [0.717, 1.165) is 19.5 Å². The molecule has 0 radical (unpaired) electrons. The van der Waals surface area contributed by atoms with Gasteiger partial charge in [0, 0.05) is 28.9 Å². The lowest BCUT2D eigenvalue weighted by atomic mass is 10.1. The van der Waals surface area contributed by atoms with Crippen LogP contribution >= 0.6 is 11.3 Å². The van der Waals surface area contributed by atoms with Crippen LogP contribution in [-0.2, 0) is 0 Å². The SMILES string of the molecule is Cc1ccc(C(C(C)N)N2CCC(O)C2)s1. The summed E-state index contributed by atoms with van der Waals surface area (Å²) in [5, 5.41) is 9.60. The highest BCUT2D eigenvalue weighted by molar-refractivity contribution is 7.12. The first-order valence-electron chi connectivity index (χ1n) is 5.82. The zero-order valence-electron chi connectivity index (χ0n) is 9.89. The molecule has 0 spiro atoms. The van der Waals surface area contributed by atoms with Gasteiger partial charge in [-0.1, -0.05) is 0 Å². The number of nitrogens with two attached hydrogens (primary N) is 1. The fourth-order valence-corrected chi connectivity index (χ4v) is 3.53. The lowest BCUT2D eigenvalue weighted by molar-refractivity contribution is 0.153. The lowest BCUT2D eigenvalue weighted by Crippen LogP contribution is -2.38. The number of aliphatic hydroxyl groups excluding tert-OH is 1. The highest BCUT2D eigenvalue weighted by atomic mass is 32.1. The number of thiophene rings is 1. The number of likely N-dealkylation sites (tertiary alicyclic amines) is 1. The van der Waals surface area contributed by atoms with Crippen LogP contribution in [0.15, 0.2) is 12.1 Å². The number of nitrogens with zero attached hydrogens (tertiary/aromatic N) is 1. The van der Waals surface area contributed by atoms with Gasteiger partial charge in [0.15, 0.2) is 0 Å². The van der Waals surface area contributed by atoms with Crippen LogP contribution in [0.2, 0.25) is 0 Å². The van der Waals surface area contributed by atoms with Crippen molar-refractivity contribution in [1.29, 1.82) is 0 Å². The van der Waals surface area contributed by atoms with Gasteiger partial charge in [-0.25, -0.2) is 0 Å². The maximum atomic E-state index is 9.60. The summed E-state index contributed by atoms with van der Waals surface area (Å²) in [5.74, 6) is 0. The summed E-state index contributed by atoms with van der Waals surface area (Å²) in [7, 11) is 0. The molecule has 2 rings (SSSR count). The Morgan fingerprint density at radius 2 is 2.31 bits per heavy atom. The van der Waals surface area contributed by atoms with Crippen LogP contribution in [-0.4, -0.2) is 35.2 Å². The van der Waals surface area contributed by atoms with Crippen molar-refractivity contribution in [3.63, 3.8) is 0 Å². The molecule has 1 aromatic heterocycles. The smallest absolute Gasteiger partial charge is 0.0679 e. The van der Waals surface area contributed by atoms with E-state index in [4.69, 9.17) is 5.73 Å². The third-order valence-corrected chi connectivity index (χ3v) is 4.21. The van der Waals surface area contributed by atoms with Crippen molar-refractivity contribution in [3.8, 4) is 0 Å². The number of aryl methyl sites for hydroxylation is 1. The molecular weight excluding hydrogens is 220 g/mol. The van der Waals surface area contributed by atoms with E-state index in [0.29, 0.717) is 0 Å². The largest absolute Gasteiger partial charge is 0.392 e. The monoisotopic (exact) mass is 240 g/mol. The molecular formula is C12H20N2OS. The van der Waals surface area contributed by atoms with Crippen molar-refractivity contribution in [3.05, 3.63) is 21.9 Å². The Labute approximate surface area is 101 Å². The highest BCUT2D eigenvalue weighted by Crippen LogP contribution is 2.31. The molecule has 4 heteroatoms. The lowest BCUT2D eigenvalue weighted by Gasteiger charge is -2.29. The summed E-state index contributed by atoms with van der Waals surface area (Å²) in [6.07, 6.45) is 0.690. The third kappa shape index (κ3) is 2.46. The number of aliphatic hydroxyl groups is 1. The molecule has 0 bridgehead atoms. The zero-order valence-corrected chi connectivity index (χ0v) is 10.7. The molecule has 3 atom stereocenters. The molecule has 1 aliphatic rings. The van der Waals surface area contributed by atoms with Crippen molar-refractivity contribution >= 4 is 11.3 Å². The Balaban J connectivity index is 2.17. The van der Waals surface area contributed by atoms with Gasteiger partial charge in [0.2, 0.25) is 0 Å². The molecule has 3 N–H and O–H groups in total. The summed E-state index contributed by atoms with van der Waals surface area (Å²) >= 11 is 1.81. The van der Waals surface area contributed by atoms with E-state index in [2.05, 4.69) is 24.0 Å². The maximum absolute atomic E-state index is 9.60. The van der Waals surface area contributed by atoms with Crippen molar-refractivity contribution < 1.29 is 5.11 Å². The maximum Gasteiger partial charge on any atom is 0.0679 e. The van der Waals surface area contributed by atoms with Crippen LogP contribution in [0.1, 0.15) is 29.1 Å². The van der Waals surface area contributed by atoms with Crippen LogP contribution in [0.4, 0.5) is 0 Å². The Morgan fingerprint density at radius 3 is 2.75 bits per heavy atom. The molecule has 1 aromatic rings. The summed E-state index contributed by atoms with van der Waals surface area (Å²) in [5.41, 5.74) is 6.09. The Morgan fingerprint density at radius 1 is 1.56 bits per heavy atom. The fraction of sp³-hybridized carbons (Fsp3) is 0.667. The molecule has 16 heavy (non-hydrogen) atoms. The average molecular weight is 240 g/mol. The molecule has 1 fully saturated rings. The number of rotatable bonds is 3. The van der Waals surface area contributed by atoms with Gasteiger partial charge in [-0.2, -0.15) is 0 Å². The Kier molecular flexibility index (Phi) is 3.64. The topological polar surface area (TPSA) is 49.5 Å². The third-order valence-electron chi connectivity index (χ3n) is 3.14. The van der Waals surface area contributed by atoms with Crippen LogP contribution < -0.4 is 5.73 Å². The van der Waals surface area contributed by atoms with Crippen molar-refractivity contribution in [1.82, 2.24) is 4.90 Å². The summed E-state index contributed by atoms with van der Waals surface area (Å²) in [4.78, 5) is 4.95. The van der Waals surface area contributed by atoms with Crippen LogP contribution in [0.5, 0.6) is 0 Å². The second kappa shape index (κ2) is 4.84. The van der Waals surface area contributed by atoms with E-state index in [-0.39, 0.29) is 18.2 Å². The standard InChI is InChI=1S/C12H20N2OS/c1-8-3-4-11(16-8)12(9(2)13)14-6-5-10(15)7-14/h3-4,9-10,12,15H,5-7,13H2,1-2H3. The van der Waals surface area contributed by atoms with E-state index < -0.39 is 0 Å². The second-order valence-electron chi connectivity index (χ2n) is 4.69. The van der Waals surface area contributed by atoms with Gasteiger partial charge in [0.05, 0.1) is 12.1 Å². The molecule has 2 heterocycles. The normalized spacial score (nSPS) is 25.9. The van der Waals surface area contributed by atoms with Crippen molar-refractivity contribution in [2.45, 2.75) is 38.5 Å². The van der Waals surface area contributed by atoms with Gasteiger partial charge in [-0.05, 0) is 32.4 Å². The van der Waals surface area contributed by atoms with Gasteiger partial charge in [-0.15, -0.1) is 11.3 Å². The number of hydrogen-bond acceptors (Lipinski definition) is 4. The van der Waals surface area contributed by atoms with Crippen molar-refractivity contribution in [2.75, 3.05) is 13.1 Å². The molecule has 0 aliphatic carbocycles. The Bertz CT molecular complexity index is 351.